The van der Waals surface area contributed by atoms with Crippen LogP contribution in [0.2, 0.25) is 4.34 Å². The van der Waals surface area contributed by atoms with Gasteiger partial charge in [0.15, 0.2) is 0 Å². The molecule has 0 bridgehead atoms. The van der Waals surface area contributed by atoms with Gasteiger partial charge in [0.25, 0.3) is 0 Å². The predicted octanol–water partition coefficient (Wildman–Crippen LogP) is 5.82. The zero-order valence-electron chi connectivity index (χ0n) is 12.4. The van der Waals surface area contributed by atoms with Crippen molar-refractivity contribution < 1.29 is 0 Å². The number of halogens is 1. The molecular weight excluding hydrogens is 306 g/mol. The third-order valence-corrected chi connectivity index (χ3v) is 6.05. The molecule has 0 aliphatic rings. The molecule has 20 heavy (non-hydrogen) atoms. The molecular formula is C16H22ClNS2. The molecule has 2 unspecified atom stereocenters. The van der Waals surface area contributed by atoms with E-state index in [9.17, 15) is 0 Å². The number of nitrogens with one attached hydrogen (secondary N) is 1. The number of hydrogen-bond donors (Lipinski definition) is 1. The van der Waals surface area contributed by atoms with Crippen molar-refractivity contribution in [2.45, 2.75) is 33.7 Å². The Labute approximate surface area is 135 Å². The standard InChI is InChI=1S/C16H22ClNS2/c1-11(16(2,3)4)10-18-15(12-6-5-9-19-12)13-7-8-14(17)20-13/h5-9,11,15,18H,10H2,1-4H3. The Kier molecular flexibility index (Phi) is 5.30. The van der Waals surface area contributed by atoms with E-state index in [0.717, 1.165) is 10.9 Å². The van der Waals surface area contributed by atoms with E-state index in [1.54, 1.807) is 22.7 Å². The summed E-state index contributed by atoms with van der Waals surface area (Å²) in [5, 5.41) is 5.85. The van der Waals surface area contributed by atoms with E-state index in [4.69, 9.17) is 11.6 Å². The third kappa shape index (κ3) is 4.08. The van der Waals surface area contributed by atoms with Crippen molar-refractivity contribution in [2.75, 3.05) is 6.54 Å². The van der Waals surface area contributed by atoms with Crippen LogP contribution in [0, 0.1) is 11.3 Å². The highest BCUT2D eigenvalue weighted by atomic mass is 35.5. The van der Waals surface area contributed by atoms with E-state index < -0.39 is 0 Å². The average Bonchev–Trinajstić information content (AvgIpc) is 3.00. The molecule has 0 aliphatic heterocycles. The predicted molar refractivity (Wildman–Crippen MR) is 92.1 cm³/mol. The summed E-state index contributed by atoms with van der Waals surface area (Å²) in [5.41, 5.74) is 0.320. The van der Waals surface area contributed by atoms with Crippen LogP contribution in [-0.4, -0.2) is 6.54 Å². The van der Waals surface area contributed by atoms with Crippen LogP contribution >= 0.6 is 34.3 Å². The maximum atomic E-state index is 6.10. The van der Waals surface area contributed by atoms with E-state index >= 15 is 0 Å². The van der Waals surface area contributed by atoms with Crippen LogP contribution in [0.1, 0.15) is 43.5 Å². The van der Waals surface area contributed by atoms with Crippen molar-refractivity contribution in [2.24, 2.45) is 11.3 Å². The lowest BCUT2D eigenvalue weighted by atomic mass is 9.82. The first kappa shape index (κ1) is 16.0. The fourth-order valence-electron chi connectivity index (χ4n) is 1.88. The first-order valence-corrected chi connectivity index (χ1v) is 8.97. The maximum Gasteiger partial charge on any atom is 0.0931 e. The Morgan fingerprint density at radius 2 is 1.95 bits per heavy atom. The molecule has 2 atom stereocenters. The first-order chi connectivity index (χ1) is 9.38. The topological polar surface area (TPSA) is 12.0 Å². The summed E-state index contributed by atoms with van der Waals surface area (Å²) in [6, 6.07) is 8.68. The second-order valence-corrected chi connectivity index (χ2v) is 8.99. The van der Waals surface area contributed by atoms with Crippen molar-refractivity contribution in [3.63, 3.8) is 0 Å². The Morgan fingerprint density at radius 3 is 2.45 bits per heavy atom. The van der Waals surface area contributed by atoms with Crippen LogP contribution < -0.4 is 5.32 Å². The Balaban J connectivity index is 2.13. The lowest BCUT2D eigenvalue weighted by molar-refractivity contribution is 0.249. The van der Waals surface area contributed by atoms with Crippen LogP contribution in [-0.2, 0) is 0 Å². The minimum absolute atomic E-state index is 0.261. The molecule has 0 aliphatic carbocycles. The normalized spacial score (nSPS) is 15.2. The Morgan fingerprint density at radius 1 is 1.20 bits per heavy atom. The van der Waals surface area contributed by atoms with Gasteiger partial charge >= 0.3 is 0 Å². The second kappa shape index (κ2) is 6.61. The van der Waals surface area contributed by atoms with E-state index in [1.165, 1.54) is 9.75 Å². The monoisotopic (exact) mass is 327 g/mol. The number of hydrogen-bond acceptors (Lipinski definition) is 3. The molecule has 2 aromatic rings. The summed E-state index contributed by atoms with van der Waals surface area (Å²) in [6.07, 6.45) is 0. The zero-order valence-corrected chi connectivity index (χ0v) is 14.8. The molecule has 2 rings (SSSR count). The molecule has 0 spiro atoms. The SMILES string of the molecule is CC(CNC(c1cccs1)c1ccc(Cl)s1)C(C)(C)C. The Bertz CT molecular complexity index is 525. The number of thiophene rings is 2. The maximum absolute atomic E-state index is 6.10. The van der Waals surface area contributed by atoms with Crippen LogP contribution in [0.4, 0.5) is 0 Å². The summed E-state index contributed by atoms with van der Waals surface area (Å²) in [5.74, 6) is 0.611. The highest BCUT2D eigenvalue weighted by Crippen LogP contribution is 2.34. The van der Waals surface area contributed by atoms with Crippen molar-refractivity contribution in [3.05, 3.63) is 43.7 Å². The van der Waals surface area contributed by atoms with Crippen LogP contribution in [0.3, 0.4) is 0 Å². The quantitative estimate of drug-likeness (QED) is 0.729. The van der Waals surface area contributed by atoms with E-state index in [0.29, 0.717) is 11.3 Å². The molecule has 0 radical (unpaired) electrons. The molecule has 2 heterocycles. The average molecular weight is 328 g/mol. The van der Waals surface area contributed by atoms with Crippen LogP contribution in [0.15, 0.2) is 29.6 Å². The lowest BCUT2D eigenvalue weighted by Crippen LogP contribution is -2.32. The van der Waals surface area contributed by atoms with Gasteiger partial charge in [-0.1, -0.05) is 45.4 Å². The lowest BCUT2D eigenvalue weighted by Gasteiger charge is -2.29. The molecule has 0 aromatic carbocycles. The van der Waals surface area contributed by atoms with Gasteiger partial charge in [0, 0.05) is 9.75 Å². The molecule has 0 saturated heterocycles. The van der Waals surface area contributed by atoms with Crippen molar-refractivity contribution in [3.8, 4) is 0 Å². The third-order valence-electron chi connectivity index (χ3n) is 3.81. The zero-order chi connectivity index (χ0) is 14.8. The highest BCUT2D eigenvalue weighted by Gasteiger charge is 2.23. The fraction of sp³-hybridized carbons (Fsp3) is 0.500. The largest absolute Gasteiger partial charge is 0.305 e. The summed E-state index contributed by atoms with van der Waals surface area (Å²) in [4.78, 5) is 2.64. The van der Waals surface area contributed by atoms with E-state index in [1.807, 2.05) is 6.07 Å². The minimum atomic E-state index is 0.261. The summed E-state index contributed by atoms with van der Waals surface area (Å²) in [7, 11) is 0. The van der Waals surface area contributed by atoms with Crippen molar-refractivity contribution in [1.29, 1.82) is 0 Å². The molecule has 0 fully saturated rings. The van der Waals surface area contributed by atoms with Gasteiger partial charge < -0.3 is 5.32 Å². The molecule has 1 N–H and O–H groups in total. The van der Waals surface area contributed by atoms with Gasteiger partial charge in [-0.15, -0.1) is 22.7 Å². The van der Waals surface area contributed by atoms with Gasteiger partial charge in [-0.3, -0.25) is 0 Å². The molecule has 2 aromatic heterocycles. The van der Waals surface area contributed by atoms with Crippen LogP contribution in [0.5, 0.6) is 0 Å². The minimum Gasteiger partial charge on any atom is -0.305 e. The second-order valence-electron chi connectivity index (χ2n) is 6.27. The summed E-state index contributed by atoms with van der Waals surface area (Å²) in [6.45, 7) is 10.2. The molecule has 0 amide bonds. The highest BCUT2D eigenvalue weighted by molar-refractivity contribution is 7.16. The van der Waals surface area contributed by atoms with Gasteiger partial charge in [0.1, 0.15) is 0 Å². The fourth-order valence-corrected chi connectivity index (χ4v) is 3.93. The molecule has 4 heteroatoms. The summed E-state index contributed by atoms with van der Waals surface area (Å²) >= 11 is 9.55. The van der Waals surface area contributed by atoms with Crippen molar-refractivity contribution in [1.82, 2.24) is 5.32 Å². The van der Waals surface area contributed by atoms with E-state index in [2.05, 4.69) is 56.6 Å². The molecule has 0 saturated carbocycles. The van der Waals surface area contributed by atoms with Gasteiger partial charge in [-0.05, 0) is 41.5 Å². The number of rotatable bonds is 5. The summed E-state index contributed by atoms with van der Waals surface area (Å²) < 4.78 is 0.854. The van der Waals surface area contributed by atoms with Gasteiger partial charge in [-0.25, -0.2) is 0 Å². The van der Waals surface area contributed by atoms with Crippen molar-refractivity contribution >= 4 is 34.3 Å². The molecule has 1 nitrogen and oxygen atoms in total. The molecule has 110 valence electrons. The first-order valence-electron chi connectivity index (χ1n) is 6.90. The van der Waals surface area contributed by atoms with Crippen LogP contribution in [0.25, 0.3) is 0 Å². The van der Waals surface area contributed by atoms with E-state index in [-0.39, 0.29) is 6.04 Å². The Hall–Kier alpha value is -0.350. The van der Waals surface area contributed by atoms with Gasteiger partial charge in [0.05, 0.1) is 10.4 Å². The van der Waals surface area contributed by atoms with Gasteiger partial charge in [-0.2, -0.15) is 0 Å². The smallest absolute Gasteiger partial charge is 0.0931 e. The van der Waals surface area contributed by atoms with Gasteiger partial charge in [0.2, 0.25) is 0 Å².